The highest BCUT2D eigenvalue weighted by atomic mass is 16.1. The Labute approximate surface area is 113 Å². The monoisotopic (exact) mass is 256 g/mol. The Hall–Kier alpha value is -1.77. The Morgan fingerprint density at radius 2 is 2.16 bits per heavy atom. The highest BCUT2D eigenvalue weighted by Crippen LogP contribution is 2.28. The van der Waals surface area contributed by atoms with Crippen LogP contribution in [0.5, 0.6) is 0 Å². The lowest BCUT2D eigenvalue weighted by Crippen LogP contribution is -2.27. The number of carbonyl (C=O) groups excluding carboxylic acids is 1. The second kappa shape index (κ2) is 4.72. The van der Waals surface area contributed by atoms with Gasteiger partial charge in [-0.1, -0.05) is 6.42 Å². The van der Waals surface area contributed by atoms with Crippen LogP contribution in [0.4, 0.5) is 5.69 Å². The summed E-state index contributed by atoms with van der Waals surface area (Å²) >= 11 is 0. The normalized spacial score (nSPS) is 15.5. The van der Waals surface area contributed by atoms with E-state index in [-0.39, 0.29) is 11.8 Å². The molecule has 100 valence electrons. The highest BCUT2D eigenvalue weighted by molar-refractivity contribution is 5.95. The van der Waals surface area contributed by atoms with E-state index in [4.69, 9.17) is 0 Å². The maximum absolute atomic E-state index is 11.9. The first-order valence-corrected chi connectivity index (χ1v) is 7.10. The molecule has 3 rings (SSSR count). The molecule has 1 aliphatic rings. The van der Waals surface area contributed by atoms with E-state index in [1.807, 2.05) is 6.07 Å². The minimum Gasteiger partial charge on any atom is -0.345 e. The van der Waals surface area contributed by atoms with Gasteiger partial charge in [0.15, 0.2) is 0 Å². The molecule has 3 heteroatoms. The van der Waals surface area contributed by atoms with Gasteiger partial charge in [0.25, 0.3) is 0 Å². The quantitative estimate of drug-likeness (QED) is 0.892. The minimum absolute atomic E-state index is 0.178. The third kappa shape index (κ3) is 2.14. The Balaban J connectivity index is 1.87. The van der Waals surface area contributed by atoms with Crippen LogP contribution in [0.25, 0.3) is 10.9 Å². The highest BCUT2D eigenvalue weighted by Gasteiger charge is 2.25. The predicted molar refractivity (Wildman–Crippen MR) is 78.3 cm³/mol. The van der Waals surface area contributed by atoms with E-state index in [1.165, 1.54) is 23.0 Å². The van der Waals surface area contributed by atoms with E-state index in [9.17, 15) is 4.79 Å². The van der Waals surface area contributed by atoms with Gasteiger partial charge in [-0.25, -0.2) is 0 Å². The Bertz CT molecular complexity index is 623. The molecular formula is C16H20N2O. The zero-order valence-corrected chi connectivity index (χ0v) is 11.6. The summed E-state index contributed by atoms with van der Waals surface area (Å²) in [6.45, 7) is 5.25. The predicted octanol–water partition coefficient (Wildman–Crippen LogP) is 3.71. The van der Waals surface area contributed by atoms with Crippen molar-refractivity contribution in [1.82, 2.24) is 4.57 Å². The van der Waals surface area contributed by atoms with Gasteiger partial charge in [0, 0.05) is 34.7 Å². The van der Waals surface area contributed by atoms with Gasteiger partial charge in [0.2, 0.25) is 5.91 Å². The van der Waals surface area contributed by atoms with Crippen molar-refractivity contribution < 1.29 is 4.79 Å². The van der Waals surface area contributed by atoms with Crippen molar-refractivity contribution in [3.05, 3.63) is 30.0 Å². The van der Waals surface area contributed by atoms with Gasteiger partial charge < -0.3 is 9.88 Å². The van der Waals surface area contributed by atoms with Crippen LogP contribution in [0.2, 0.25) is 0 Å². The topological polar surface area (TPSA) is 34.0 Å². The van der Waals surface area contributed by atoms with E-state index in [0.717, 1.165) is 25.1 Å². The number of amides is 1. The van der Waals surface area contributed by atoms with Crippen molar-refractivity contribution in [1.29, 1.82) is 0 Å². The number of hydrogen-bond acceptors (Lipinski definition) is 1. The molecule has 0 atom stereocenters. The molecule has 1 aliphatic carbocycles. The Kier molecular flexibility index (Phi) is 3.05. The van der Waals surface area contributed by atoms with Crippen LogP contribution in [0.15, 0.2) is 24.3 Å². The van der Waals surface area contributed by atoms with Crippen LogP contribution in [-0.2, 0) is 11.3 Å². The van der Waals surface area contributed by atoms with Crippen molar-refractivity contribution in [2.45, 2.75) is 39.7 Å². The van der Waals surface area contributed by atoms with Gasteiger partial charge in [-0.2, -0.15) is 0 Å². The summed E-state index contributed by atoms with van der Waals surface area (Å²) in [5.41, 5.74) is 3.42. The number of nitrogens with one attached hydrogen (secondary N) is 1. The number of aryl methyl sites for hydroxylation is 2. The lowest BCUT2D eigenvalue weighted by molar-refractivity contribution is -0.122. The summed E-state index contributed by atoms with van der Waals surface area (Å²) in [5.74, 6) is 0.412. The molecule has 0 saturated heterocycles. The summed E-state index contributed by atoms with van der Waals surface area (Å²) < 4.78 is 2.28. The van der Waals surface area contributed by atoms with Gasteiger partial charge in [0.1, 0.15) is 0 Å². The van der Waals surface area contributed by atoms with E-state index in [0.29, 0.717) is 0 Å². The molecule has 1 saturated carbocycles. The molecule has 1 amide bonds. The molecular weight excluding hydrogens is 236 g/mol. The van der Waals surface area contributed by atoms with E-state index in [2.05, 4.69) is 41.9 Å². The van der Waals surface area contributed by atoms with Crippen LogP contribution in [0.3, 0.4) is 0 Å². The maximum atomic E-state index is 11.9. The van der Waals surface area contributed by atoms with Crippen molar-refractivity contribution in [2.24, 2.45) is 5.92 Å². The fourth-order valence-corrected chi connectivity index (χ4v) is 2.82. The van der Waals surface area contributed by atoms with Crippen molar-refractivity contribution >= 4 is 22.5 Å². The molecule has 1 aromatic heterocycles. The SMILES string of the molecule is CCn1c(C)cc2cc(NC(=O)C3CCC3)ccc21. The average Bonchev–Trinajstić information content (AvgIpc) is 2.61. The summed E-state index contributed by atoms with van der Waals surface area (Å²) in [4.78, 5) is 11.9. The van der Waals surface area contributed by atoms with Crippen molar-refractivity contribution in [3.8, 4) is 0 Å². The molecule has 0 radical (unpaired) electrons. The van der Waals surface area contributed by atoms with E-state index in [1.54, 1.807) is 0 Å². The fraction of sp³-hybridized carbons (Fsp3) is 0.438. The second-order valence-electron chi connectivity index (χ2n) is 5.42. The molecule has 0 bridgehead atoms. The summed E-state index contributed by atoms with van der Waals surface area (Å²) in [5, 5.41) is 4.23. The van der Waals surface area contributed by atoms with Crippen LogP contribution >= 0.6 is 0 Å². The summed E-state index contributed by atoms with van der Waals surface area (Å²) in [6, 6.07) is 8.36. The minimum atomic E-state index is 0.178. The zero-order chi connectivity index (χ0) is 13.4. The van der Waals surface area contributed by atoms with Crippen LogP contribution < -0.4 is 5.32 Å². The molecule has 1 N–H and O–H groups in total. The lowest BCUT2D eigenvalue weighted by Gasteiger charge is -2.24. The number of aromatic nitrogens is 1. The second-order valence-corrected chi connectivity index (χ2v) is 5.42. The van der Waals surface area contributed by atoms with Crippen molar-refractivity contribution in [3.63, 3.8) is 0 Å². The van der Waals surface area contributed by atoms with E-state index < -0.39 is 0 Å². The van der Waals surface area contributed by atoms with Crippen LogP contribution in [-0.4, -0.2) is 10.5 Å². The molecule has 1 heterocycles. The number of nitrogens with zero attached hydrogens (tertiary/aromatic N) is 1. The Morgan fingerprint density at radius 1 is 1.37 bits per heavy atom. The van der Waals surface area contributed by atoms with Gasteiger partial charge in [-0.05, 0) is 51.0 Å². The molecule has 0 spiro atoms. The van der Waals surface area contributed by atoms with Crippen LogP contribution in [0.1, 0.15) is 31.9 Å². The standard InChI is InChI=1S/C16H20N2O/c1-3-18-11(2)9-13-10-14(7-8-15(13)18)17-16(19)12-5-4-6-12/h7-10,12H,3-6H2,1-2H3,(H,17,19). The van der Waals surface area contributed by atoms with Crippen molar-refractivity contribution in [2.75, 3.05) is 5.32 Å². The Morgan fingerprint density at radius 3 is 2.79 bits per heavy atom. The molecule has 0 unspecified atom stereocenters. The van der Waals surface area contributed by atoms with E-state index >= 15 is 0 Å². The van der Waals surface area contributed by atoms with Gasteiger partial charge in [-0.15, -0.1) is 0 Å². The first kappa shape index (κ1) is 12.3. The lowest BCUT2D eigenvalue weighted by atomic mass is 9.85. The largest absolute Gasteiger partial charge is 0.345 e. The van der Waals surface area contributed by atoms with Gasteiger partial charge in [0.05, 0.1) is 0 Å². The zero-order valence-electron chi connectivity index (χ0n) is 11.6. The number of fused-ring (bicyclic) bond motifs is 1. The molecule has 0 aliphatic heterocycles. The third-order valence-electron chi connectivity index (χ3n) is 4.17. The molecule has 1 aromatic carbocycles. The number of hydrogen-bond donors (Lipinski definition) is 1. The molecule has 1 fully saturated rings. The van der Waals surface area contributed by atoms with Gasteiger partial charge >= 0.3 is 0 Å². The third-order valence-corrected chi connectivity index (χ3v) is 4.17. The van der Waals surface area contributed by atoms with Crippen LogP contribution in [0, 0.1) is 12.8 Å². The molecule has 3 nitrogen and oxygen atoms in total. The smallest absolute Gasteiger partial charge is 0.227 e. The number of rotatable bonds is 3. The summed E-state index contributed by atoms with van der Waals surface area (Å²) in [7, 11) is 0. The average molecular weight is 256 g/mol. The molecule has 19 heavy (non-hydrogen) atoms. The van der Waals surface area contributed by atoms with Gasteiger partial charge in [-0.3, -0.25) is 4.79 Å². The number of benzene rings is 1. The summed E-state index contributed by atoms with van der Waals surface area (Å²) in [6.07, 6.45) is 3.27. The first-order valence-electron chi connectivity index (χ1n) is 7.10. The maximum Gasteiger partial charge on any atom is 0.227 e. The number of anilines is 1. The molecule has 2 aromatic rings. The number of carbonyl (C=O) groups is 1. The first-order chi connectivity index (χ1) is 9.19. The fourth-order valence-electron chi connectivity index (χ4n) is 2.82.